The molecule has 0 aliphatic heterocycles. The predicted octanol–water partition coefficient (Wildman–Crippen LogP) is 3.87. The lowest BCUT2D eigenvalue weighted by molar-refractivity contribution is 1.27. The first-order valence-corrected chi connectivity index (χ1v) is 6.32. The van der Waals surface area contributed by atoms with Crippen LogP contribution in [-0.4, -0.2) is 10.7 Å². The fourth-order valence-corrected chi connectivity index (χ4v) is 2.98. The zero-order chi connectivity index (χ0) is 10.6. The van der Waals surface area contributed by atoms with Gasteiger partial charge in [-0.15, -0.1) is 11.8 Å². The summed E-state index contributed by atoms with van der Waals surface area (Å²) in [4.78, 5) is 1.37. The average molecular weight is 215 g/mol. The van der Waals surface area contributed by atoms with Crippen molar-refractivity contribution in [2.45, 2.75) is 18.7 Å². The lowest BCUT2D eigenvalue weighted by Crippen LogP contribution is -1.88. The summed E-state index contributed by atoms with van der Waals surface area (Å²) in [5.74, 6) is 0. The molecule has 0 aliphatic carbocycles. The third-order valence-corrected chi connectivity index (χ3v) is 3.87. The molecule has 76 valence electrons. The molecular weight excluding hydrogens is 202 g/mol. The van der Waals surface area contributed by atoms with Crippen LogP contribution in [0.5, 0.6) is 0 Å². The van der Waals surface area contributed by atoms with Crippen LogP contribution < -0.4 is 0 Å². The van der Waals surface area contributed by atoms with Crippen LogP contribution >= 0.6 is 11.8 Å². The van der Waals surface area contributed by atoms with E-state index in [1.807, 2.05) is 11.8 Å². The SMILES string of the molecule is CSc1cc2c(C)cc(C)c3ccc1n32. The Kier molecular flexibility index (Phi) is 1.77. The second kappa shape index (κ2) is 2.92. The van der Waals surface area contributed by atoms with E-state index in [-0.39, 0.29) is 0 Å². The van der Waals surface area contributed by atoms with Crippen LogP contribution in [0.2, 0.25) is 0 Å². The maximum absolute atomic E-state index is 2.37. The fraction of sp³-hybridized carbons (Fsp3) is 0.231. The van der Waals surface area contributed by atoms with E-state index in [2.05, 4.69) is 48.8 Å². The van der Waals surface area contributed by atoms with E-state index in [4.69, 9.17) is 0 Å². The maximum atomic E-state index is 2.37. The highest BCUT2D eigenvalue weighted by molar-refractivity contribution is 7.98. The van der Waals surface area contributed by atoms with Gasteiger partial charge in [0.1, 0.15) is 0 Å². The van der Waals surface area contributed by atoms with E-state index in [0.717, 1.165) is 0 Å². The van der Waals surface area contributed by atoms with Gasteiger partial charge in [-0.1, -0.05) is 6.07 Å². The molecule has 0 saturated heterocycles. The van der Waals surface area contributed by atoms with Crippen LogP contribution in [0, 0.1) is 13.8 Å². The smallest absolute Gasteiger partial charge is 0.0599 e. The van der Waals surface area contributed by atoms with E-state index in [0.29, 0.717) is 0 Å². The molecule has 0 atom stereocenters. The number of hydrogen-bond donors (Lipinski definition) is 0. The van der Waals surface area contributed by atoms with Crippen molar-refractivity contribution in [2.24, 2.45) is 0 Å². The van der Waals surface area contributed by atoms with Gasteiger partial charge in [0, 0.05) is 10.4 Å². The van der Waals surface area contributed by atoms with E-state index >= 15 is 0 Å². The van der Waals surface area contributed by atoms with Crippen molar-refractivity contribution in [3.63, 3.8) is 0 Å². The first-order chi connectivity index (χ1) is 7.22. The Bertz CT molecular complexity index is 636. The van der Waals surface area contributed by atoms with Gasteiger partial charge in [-0.05, 0) is 49.4 Å². The highest BCUT2D eigenvalue weighted by atomic mass is 32.2. The van der Waals surface area contributed by atoms with Gasteiger partial charge in [0.25, 0.3) is 0 Å². The molecule has 0 radical (unpaired) electrons. The van der Waals surface area contributed by atoms with Crippen LogP contribution in [0.1, 0.15) is 11.1 Å². The van der Waals surface area contributed by atoms with Crippen LogP contribution in [0.4, 0.5) is 0 Å². The molecule has 0 N–H and O–H groups in total. The second-order valence-corrected chi connectivity index (χ2v) is 4.90. The molecule has 2 heteroatoms. The summed E-state index contributed by atoms with van der Waals surface area (Å²) < 4.78 is 2.37. The molecule has 3 aromatic heterocycles. The number of aromatic nitrogens is 1. The molecule has 0 spiro atoms. The van der Waals surface area contributed by atoms with E-state index < -0.39 is 0 Å². The van der Waals surface area contributed by atoms with Gasteiger partial charge in [0.05, 0.1) is 11.0 Å². The third-order valence-electron chi connectivity index (χ3n) is 3.10. The van der Waals surface area contributed by atoms with Crippen molar-refractivity contribution in [2.75, 3.05) is 6.26 Å². The van der Waals surface area contributed by atoms with Crippen molar-refractivity contribution in [3.05, 3.63) is 35.4 Å². The minimum absolute atomic E-state index is 1.34. The standard InChI is InChI=1S/C13H13NS/c1-8-6-9(2)12-7-13(15-3)11-5-4-10(8)14(11)12/h4-7H,1-3H3. The molecule has 0 fully saturated rings. The predicted molar refractivity (Wildman–Crippen MR) is 67.3 cm³/mol. The Morgan fingerprint density at radius 2 is 1.60 bits per heavy atom. The Morgan fingerprint density at radius 1 is 0.933 bits per heavy atom. The Labute approximate surface area is 93.4 Å². The van der Waals surface area contributed by atoms with Crippen LogP contribution in [0.25, 0.3) is 16.6 Å². The van der Waals surface area contributed by atoms with Crippen molar-refractivity contribution in [1.29, 1.82) is 0 Å². The Balaban J connectivity index is 2.62. The van der Waals surface area contributed by atoms with Crippen molar-refractivity contribution in [1.82, 2.24) is 4.40 Å². The fourth-order valence-electron chi connectivity index (χ4n) is 2.39. The molecule has 0 saturated carbocycles. The highest BCUT2D eigenvalue weighted by Crippen LogP contribution is 2.32. The number of pyridine rings is 1. The second-order valence-electron chi connectivity index (χ2n) is 4.05. The van der Waals surface area contributed by atoms with Crippen molar-refractivity contribution < 1.29 is 0 Å². The molecular formula is C13H13NS. The number of rotatable bonds is 1. The largest absolute Gasteiger partial charge is 0.309 e. The Hall–Kier alpha value is -1.15. The summed E-state index contributed by atoms with van der Waals surface area (Å²) in [5.41, 5.74) is 6.75. The summed E-state index contributed by atoms with van der Waals surface area (Å²) in [5, 5.41) is 0. The molecule has 1 nitrogen and oxygen atoms in total. The molecule has 0 unspecified atom stereocenters. The zero-order valence-corrected chi connectivity index (χ0v) is 9.98. The number of thioether (sulfide) groups is 1. The quantitative estimate of drug-likeness (QED) is 0.558. The van der Waals surface area contributed by atoms with Crippen LogP contribution in [-0.2, 0) is 0 Å². The third kappa shape index (κ3) is 1.06. The summed E-state index contributed by atoms with van der Waals surface area (Å²) in [6, 6.07) is 9.01. The summed E-state index contributed by atoms with van der Waals surface area (Å²) in [6.07, 6.45) is 2.14. The monoisotopic (exact) mass is 215 g/mol. The molecule has 0 aromatic carbocycles. The minimum atomic E-state index is 1.34. The Morgan fingerprint density at radius 3 is 2.33 bits per heavy atom. The summed E-state index contributed by atoms with van der Waals surface area (Å²) in [6.45, 7) is 4.37. The van der Waals surface area contributed by atoms with Crippen molar-refractivity contribution in [3.8, 4) is 0 Å². The molecule has 0 amide bonds. The molecule has 0 aliphatic rings. The minimum Gasteiger partial charge on any atom is -0.309 e. The molecule has 0 bridgehead atoms. The maximum Gasteiger partial charge on any atom is 0.0599 e. The number of aryl methyl sites for hydroxylation is 2. The highest BCUT2D eigenvalue weighted by Gasteiger charge is 2.12. The van der Waals surface area contributed by atoms with Gasteiger partial charge in [0.15, 0.2) is 0 Å². The van der Waals surface area contributed by atoms with Gasteiger partial charge in [-0.3, -0.25) is 0 Å². The van der Waals surface area contributed by atoms with E-state index in [1.165, 1.54) is 32.6 Å². The molecule has 3 aromatic rings. The molecule has 3 rings (SSSR count). The topological polar surface area (TPSA) is 4.41 Å². The average Bonchev–Trinajstić information content (AvgIpc) is 2.74. The van der Waals surface area contributed by atoms with Crippen molar-refractivity contribution >= 4 is 28.3 Å². The van der Waals surface area contributed by atoms with Gasteiger partial charge in [-0.25, -0.2) is 0 Å². The summed E-state index contributed by atoms with van der Waals surface area (Å²) in [7, 11) is 0. The van der Waals surface area contributed by atoms with Crippen LogP contribution in [0.3, 0.4) is 0 Å². The van der Waals surface area contributed by atoms with Crippen LogP contribution in [0.15, 0.2) is 29.2 Å². The van der Waals surface area contributed by atoms with Gasteiger partial charge in [-0.2, -0.15) is 0 Å². The lowest BCUT2D eigenvalue weighted by Gasteiger charge is -2.03. The first-order valence-electron chi connectivity index (χ1n) is 5.10. The van der Waals surface area contributed by atoms with Gasteiger partial charge < -0.3 is 4.40 Å². The number of hydrogen-bond acceptors (Lipinski definition) is 1. The zero-order valence-electron chi connectivity index (χ0n) is 9.16. The summed E-state index contributed by atoms with van der Waals surface area (Å²) >= 11 is 1.82. The molecule has 3 heterocycles. The molecule has 15 heavy (non-hydrogen) atoms. The number of nitrogens with zero attached hydrogens (tertiary/aromatic N) is 1. The normalized spacial score (nSPS) is 11.9. The van der Waals surface area contributed by atoms with Gasteiger partial charge in [0.2, 0.25) is 0 Å². The van der Waals surface area contributed by atoms with Gasteiger partial charge >= 0.3 is 0 Å². The lowest BCUT2D eigenvalue weighted by atomic mass is 10.1. The van der Waals surface area contributed by atoms with E-state index in [1.54, 1.807) is 0 Å². The van der Waals surface area contributed by atoms with E-state index in [9.17, 15) is 0 Å². The first kappa shape index (κ1) is 9.10.